The number of amides is 1. The minimum atomic E-state index is -0.290. The van der Waals surface area contributed by atoms with Gasteiger partial charge in [-0.25, -0.2) is 4.79 Å². The first-order valence-corrected chi connectivity index (χ1v) is 5.52. The van der Waals surface area contributed by atoms with Crippen LogP contribution in [0.5, 0.6) is 0 Å². The number of rotatable bonds is 1. The fourth-order valence-corrected chi connectivity index (χ4v) is 3.02. The van der Waals surface area contributed by atoms with Crippen molar-refractivity contribution in [2.24, 2.45) is 16.8 Å². The Morgan fingerprint density at radius 2 is 2.19 bits per heavy atom. The first-order chi connectivity index (χ1) is 7.83. The van der Waals surface area contributed by atoms with E-state index in [-0.39, 0.29) is 11.8 Å². The molecule has 2 aliphatic carbocycles. The quantitative estimate of drug-likeness (QED) is 0.527. The van der Waals surface area contributed by atoms with Gasteiger partial charge < -0.3 is 0 Å². The zero-order chi connectivity index (χ0) is 11.1. The largest absolute Gasteiger partial charge is 0.271 e. The molecule has 3 unspecified atom stereocenters. The van der Waals surface area contributed by atoms with Gasteiger partial charge in [0.1, 0.15) is 0 Å². The maximum absolute atomic E-state index is 11.6. The first kappa shape index (κ1) is 9.49. The smallest absolute Gasteiger partial charge is 0.260 e. The second kappa shape index (κ2) is 3.39. The molecule has 0 bridgehead atoms. The highest BCUT2D eigenvalue weighted by atomic mass is 16.2. The van der Waals surface area contributed by atoms with Crippen LogP contribution in [0.1, 0.15) is 23.5 Å². The summed E-state index contributed by atoms with van der Waals surface area (Å²) in [5, 5.41) is 0. The topological polar surface area (TPSA) is 46.5 Å². The highest BCUT2D eigenvalue weighted by Crippen LogP contribution is 2.60. The van der Waals surface area contributed by atoms with Gasteiger partial charge >= 0.3 is 0 Å². The number of aliphatic imine (C=N–C) groups is 1. The molecule has 1 fully saturated rings. The Hall–Kier alpha value is -1.73. The number of hydrogen-bond donors (Lipinski definition) is 0. The van der Waals surface area contributed by atoms with E-state index < -0.39 is 0 Å². The van der Waals surface area contributed by atoms with Crippen LogP contribution in [0.15, 0.2) is 29.3 Å². The number of hydrogen-bond acceptors (Lipinski definition) is 2. The predicted octanol–water partition coefficient (Wildman–Crippen LogP) is 1.82. The first-order valence-electron chi connectivity index (χ1n) is 5.52. The Morgan fingerprint density at radius 1 is 1.38 bits per heavy atom. The second-order valence-corrected chi connectivity index (χ2v) is 4.49. The SMILES string of the molecule is O=C=NC(=O)C1C2CCc3ccccc3C21. The molecule has 3 rings (SSSR count). The molecule has 80 valence electrons. The molecule has 0 radical (unpaired) electrons. The number of aryl methyl sites for hydroxylation is 1. The van der Waals surface area contributed by atoms with Gasteiger partial charge in [0.25, 0.3) is 5.91 Å². The van der Waals surface area contributed by atoms with Crippen molar-refractivity contribution in [3.63, 3.8) is 0 Å². The van der Waals surface area contributed by atoms with Crippen LogP contribution < -0.4 is 0 Å². The lowest BCUT2D eigenvalue weighted by Gasteiger charge is -2.13. The van der Waals surface area contributed by atoms with Gasteiger partial charge in [-0.3, -0.25) is 4.79 Å². The van der Waals surface area contributed by atoms with Crippen molar-refractivity contribution in [3.05, 3.63) is 35.4 Å². The third-order valence-electron chi connectivity index (χ3n) is 3.77. The second-order valence-electron chi connectivity index (χ2n) is 4.49. The van der Waals surface area contributed by atoms with Crippen molar-refractivity contribution in [2.75, 3.05) is 0 Å². The van der Waals surface area contributed by atoms with Crippen LogP contribution in [0.3, 0.4) is 0 Å². The van der Waals surface area contributed by atoms with Crippen molar-refractivity contribution in [1.29, 1.82) is 0 Å². The fraction of sp³-hybridized carbons (Fsp3) is 0.385. The number of fused-ring (bicyclic) bond motifs is 3. The molecule has 0 heterocycles. The molecule has 1 aromatic rings. The van der Waals surface area contributed by atoms with Crippen LogP contribution in [0, 0.1) is 11.8 Å². The van der Waals surface area contributed by atoms with Crippen molar-refractivity contribution < 1.29 is 9.59 Å². The minimum absolute atomic E-state index is 0.0647. The molecule has 0 spiro atoms. The molecule has 0 N–H and O–H groups in total. The lowest BCUT2D eigenvalue weighted by molar-refractivity contribution is -0.119. The van der Waals surface area contributed by atoms with Crippen LogP contribution in [0.2, 0.25) is 0 Å². The van der Waals surface area contributed by atoms with E-state index in [1.165, 1.54) is 17.2 Å². The van der Waals surface area contributed by atoms with Crippen LogP contribution >= 0.6 is 0 Å². The van der Waals surface area contributed by atoms with Gasteiger partial charge in [0, 0.05) is 0 Å². The summed E-state index contributed by atoms with van der Waals surface area (Å²) in [4.78, 5) is 24.9. The van der Waals surface area contributed by atoms with Crippen molar-refractivity contribution in [3.8, 4) is 0 Å². The Balaban J connectivity index is 1.93. The molecule has 3 nitrogen and oxygen atoms in total. The number of nitrogens with zero attached hydrogens (tertiary/aromatic N) is 1. The summed E-state index contributed by atoms with van der Waals surface area (Å²) >= 11 is 0. The molecule has 3 atom stereocenters. The summed E-state index contributed by atoms with van der Waals surface area (Å²) in [7, 11) is 0. The number of carbonyl (C=O) groups is 1. The Bertz CT molecular complexity index is 502. The molecule has 1 amide bonds. The maximum atomic E-state index is 11.6. The van der Waals surface area contributed by atoms with Gasteiger partial charge in [0.15, 0.2) is 0 Å². The highest BCUT2D eigenvalue weighted by molar-refractivity contribution is 5.88. The number of benzene rings is 1. The molecule has 2 aliphatic rings. The zero-order valence-corrected chi connectivity index (χ0v) is 8.72. The molecular formula is C13H11NO2. The number of carbonyl (C=O) groups excluding carboxylic acids is 2. The van der Waals surface area contributed by atoms with Crippen LogP contribution in [-0.2, 0) is 16.0 Å². The van der Waals surface area contributed by atoms with Gasteiger partial charge in [-0.1, -0.05) is 24.3 Å². The lowest BCUT2D eigenvalue weighted by atomic mass is 9.92. The third-order valence-corrected chi connectivity index (χ3v) is 3.77. The maximum Gasteiger partial charge on any atom is 0.260 e. The fourth-order valence-electron chi connectivity index (χ4n) is 3.02. The highest BCUT2D eigenvalue weighted by Gasteiger charge is 2.57. The lowest BCUT2D eigenvalue weighted by Crippen LogP contribution is -2.00. The Kier molecular flexibility index (Phi) is 2.01. The van der Waals surface area contributed by atoms with Crippen molar-refractivity contribution in [2.45, 2.75) is 18.8 Å². The Labute approximate surface area is 93.2 Å². The van der Waals surface area contributed by atoms with Gasteiger partial charge in [-0.05, 0) is 35.8 Å². The normalized spacial score (nSPS) is 29.6. The molecule has 0 aromatic heterocycles. The van der Waals surface area contributed by atoms with E-state index in [4.69, 9.17) is 0 Å². The van der Waals surface area contributed by atoms with Gasteiger partial charge in [0.2, 0.25) is 6.08 Å². The van der Waals surface area contributed by atoms with E-state index in [1.54, 1.807) is 0 Å². The summed E-state index contributed by atoms with van der Waals surface area (Å²) in [6.45, 7) is 0. The van der Waals surface area contributed by atoms with Gasteiger partial charge in [0.05, 0.1) is 5.92 Å². The Morgan fingerprint density at radius 3 is 3.00 bits per heavy atom. The third kappa shape index (κ3) is 1.25. The van der Waals surface area contributed by atoms with Gasteiger partial charge in [-0.15, -0.1) is 4.99 Å². The molecule has 16 heavy (non-hydrogen) atoms. The molecule has 1 saturated carbocycles. The molecular weight excluding hydrogens is 202 g/mol. The molecule has 0 saturated heterocycles. The standard InChI is InChI=1S/C13H11NO2/c15-7-14-13(16)12-10-6-5-8-3-1-2-4-9(8)11(10)12/h1-4,10-12H,5-6H2. The summed E-state index contributed by atoms with van der Waals surface area (Å²) in [5.41, 5.74) is 2.62. The van der Waals surface area contributed by atoms with E-state index in [2.05, 4.69) is 17.1 Å². The average molecular weight is 213 g/mol. The molecule has 3 heteroatoms. The van der Waals surface area contributed by atoms with E-state index in [9.17, 15) is 9.59 Å². The summed E-state index contributed by atoms with van der Waals surface area (Å²) in [6.07, 6.45) is 3.42. The van der Waals surface area contributed by atoms with E-state index in [1.807, 2.05) is 12.1 Å². The van der Waals surface area contributed by atoms with Crippen molar-refractivity contribution in [1.82, 2.24) is 0 Å². The summed E-state index contributed by atoms with van der Waals surface area (Å²) in [5.74, 6) is 0.348. The van der Waals surface area contributed by atoms with Crippen LogP contribution in [-0.4, -0.2) is 12.0 Å². The molecule has 0 aliphatic heterocycles. The summed E-state index contributed by atoms with van der Waals surface area (Å²) in [6, 6.07) is 8.24. The monoisotopic (exact) mass is 213 g/mol. The van der Waals surface area contributed by atoms with Gasteiger partial charge in [-0.2, -0.15) is 0 Å². The van der Waals surface area contributed by atoms with E-state index in [0.29, 0.717) is 11.8 Å². The zero-order valence-electron chi connectivity index (χ0n) is 8.72. The molecule has 1 aromatic carbocycles. The average Bonchev–Trinajstić information content (AvgIpc) is 3.04. The summed E-state index contributed by atoms with van der Waals surface area (Å²) < 4.78 is 0. The van der Waals surface area contributed by atoms with Crippen molar-refractivity contribution >= 4 is 12.0 Å². The van der Waals surface area contributed by atoms with E-state index in [0.717, 1.165) is 12.8 Å². The predicted molar refractivity (Wildman–Crippen MR) is 57.6 cm³/mol. The van der Waals surface area contributed by atoms with Crippen LogP contribution in [0.25, 0.3) is 0 Å². The number of isocyanates is 1. The van der Waals surface area contributed by atoms with E-state index >= 15 is 0 Å². The minimum Gasteiger partial charge on any atom is -0.271 e. The van der Waals surface area contributed by atoms with Crippen LogP contribution in [0.4, 0.5) is 0 Å².